The van der Waals surface area contributed by atoms with Crippen LogP contribution in [0.1, 0.15) is 43.0 Å². The molecule has 2 aromatic carbocycles. The summed E-state index contributed by atoms with van der Waals surface area (Å²) < 4.78 is 0. The molecule has 0 saturated carbocycles. The standard InChI is InChI=1S/C22H21N/c1-2-3-4-5-8-18-11-13-19(14-12-18)17-22-21-10-7-6-9-20(21)15-16-23-22/h6-7,9-16H,2-4,17H2,1H3. The van der Waals surface area contributed by atoms with Crippen molar-refractivity contribution in [2.24, 2.45) is 0 Å². The first-order chi connectivity index (χ1) is 11.4. The SMILES string of the molecule is CCCCC#Cc1ccc(Cc2nccc3ccccc23)cc1. The molecule has 0 unspecified atom stereocenters. The van der Waals surface area contributed by atoms with Crippen LogP contribution in [-0.2, 0) is 6.42 Å². The van der Waals surface area contributed by atoms with Crippen molar-refractivity contribution in [1.82, 2.24) is 4.98 Å². The van der Waals surface area contributed by atoms with Gasteiger partial charge in [0.05, 0.1) is 5.69 Å². The van der Waals surface area contributed by atoms with Gasteiger partial charge in [0.25, 0.3) is 0 Å². The lowest BCUT2D eigenvalue weighted by Crippen LogP contribution is -1.93. The normalized spacial score (nSPS) is 10.3. The van der Waals surface area contributed by atoms with Gasteiger partial charge >= 0.3 is 0 Å². The maximum Gasteiger partial charge on any atom is 0.0525 e. The summed E-state index contributed by atoms with van der Waals surface area (Å²) in [6, 6.07) is 19.0. The third-order valence-corrected chi connectivity index (χ3v) is 3.97. The molecule has 1 nitrogen and oxygen atoms in total. The first-order valence-electron chi connectivity index (χ1n) is 8.27. The van der Waals surface area contributed by atoms with E-state index in [1.54, 1.807) is 0 Å². The summed E-state index contributed by atoms with van der Waals surface area (Å²) in [4.78, 5) is 4.57. The Kier molecular flexibility index (Phi) is 5.06. The van der Waals surface area contributed by atoms with Gasteiger partial charge in [-0.1, -0.05) is 61.6 Å². The number of unbranched alkanes of at least 4 members (excludes halogenated alkanes) is 2. The summed E-state index contributed by atoms with van der Waals surface area (Å²) in [5.74, 6) is 6.47. The average Bonchev–Trinajstić information content (AvgIpc) is 2.60. The van der Waals surface area contributed by atoms with Crippen LogP contribution in [0.25, 0.3) is 10.8 Å². The molecule has 0 bridgehead atoms. The number of benzene rings is 2. The van der Waals surface area contributed by atoms with Crippen LogP contribution in [0.3, 0.4) is 0 Å². The van der Waals surface area contributed by atoms with Crippen molar-refractivity contribution >= 4 is 10.8 Å². The highest BCUT2D eigenvalue weighted by Crippen LogP contribution is 2.19. The van der Waals surface area contributed by atoms with Crippen molar-refractivity contribution in [2.45, 2.75) is 32.6 Å². The molecule has 0 atom stereocenters. The zero-order chi connectivity index (χ0) is 15.9. The minimum atomic E-state index is 0.852. The number of hydrogen-bond donors (Lipinski definition) is 0. The largest absolute Gasteiger partial charge is 0.260 e. The molecule has 0 aliphatic carbocycles. The molecule has 1 heteroatoms. The van der Waals surface area contributed by atoms with Crippen molar-refractivity contribution in [2.75, 3.05) is 0 Å². The van der Waals surface area contributed by atoms with E-state index in [0.717, 1.165) is 24.1 Å². The number of hydrogen-bond acceptors (Lipinski definition) is 1. The Hall–Kier alpha value is -2.59. The summed E-state index contributed by atoms with van der Waals surface area (Å²) in [6.07, 6.45) is 6.11. The molecule has 0 fully saturated rings. The average molecular weight is 299 g/mol. The molecule has 0 radical (unpaired) electrons. The topological polar surface area (TPSA) is 12.9 Å². The van der Waals surface area contributed by atoms with E-state index in [9.17, 15) is 0 Å². The summed E-state index contributed by atoms with van der Waals surface area (Å²) in [7, 11) is 0. The number of fused-ring (bicyclic) bond motifs is 1. The van der Waals surface area contributed by atoms with Gasteiger partial charge in [0.1, 0.15) is 0 Å². The Labute approximate surface area is 138 Å². The summed E-state index contributed by atoms with van der Waals surface area (Å²) in [5.41, 5.74) is 3.49. The second-order valence-corrected chi connectivity index (χ2v) is 5.76. The molecular formula is C22H21N. The molecule has 23 heavy (non-hydrogen) atoms. The first-order valence-corrected chi connectivity index (χ1v) is 8.27. The molecular weight excluding hydrogens is 278 g/mol. The van der Waals surface area contributed by atoms with Gasteiger partial charge in [0, 0.05) is 30.0 Å². The van der Waals surface area contributed by atoms with E-state index in [-0.39, 0.29) is 0 Å². The fourth-order valence-electron chi connectivity index (χ4n) is 2.65. The molecule has 0 aliphatic heterocycles. The van der Waals surface area contributed by atoms with E-state index >= 15 is 0 Å². The third-order valence-electron chi connectivity index (χ3n) is 3.97. The lowest BCUT2D eigenvalue weighted by molar-refractivity contribution is 0.828. The van der Waals surface area contributed by atoms with Crippen molar-refractivity contribution in [3.63, 3.8) is 0 Å². The van der Waals surface area contributed by atoms with Gasteiger partial charge in [-0.3, -0.25) is 4.98 Å². The van der Waals surface area contributed by atoms with Crippen LogP contribution >= 0.6 is 0 Å². The molecule has 0 amide bonds. The molecule has 3 rings (SSSR count). The first kappa shape index (κ1) is 15.3. The van der Waals surface area contributed by atoms with Crippen molar-refractivity contribution < 1.29 is 0 Å². The van der Waals surface area contributed by atoms with Gasteiger partial charge in [-0.2, -0.15) is 0 Å². The van der Waals surface area contributed by atoms with E-state index in [1.165, 1.54) is 29.2 Å². The predicted molar refractivity (Wildman–Crippen MR) is 97.4 cm³/mol. The van der Waals surface area contributed by atoms with E-state index in [2.05, 4.69) is 78.3 Å². The summed E-state index contributed by atoms with van der Waals surface area (Å²) in [6.45, 7) is 2.19. The van der Waals surface area contributed by atoms with Crippen LogP contribution in [0, 0.1) is 11.8 Å². The fraction of sp³-hybridized carbons (Fsp3) is 0.227. The van der Waals surface area contributed by atoms with Gasteiger partial charge in [0.15, 0.2) is 0 Å². The maximum absolute atomic E-state index is 4.57. The summed E-state index contributed by atoms with van der Waals surface area (Å²) >= 11 is 0. The molecule has 0 N–H and O–H groups in total. The third kappa shape index (κ3) is 3.99. The number of rotatable bonds is 4. The van der Waals surface area contributed by atoms with E-state index in [1.807, 2.05) is 6.20 Å². The van der Waals surface area contributed by atoms with Gasteiger partial charge in [0.2, 0.25) is 0 Å². The molecule has 1 heterocycles. The molecule has 1 aromatic heterocycles. The van der Waals surface area contributed by atoms with Gasteiger partial charge < -0.3 is 0 Å². The number of nitrogens with zero attached hydrogens (tertiary/aromatic N) is 1. The highest BCUT2D eigenvalue weighted by molar-refractivity contribution is 5.84. The van der Waals surface area contributed by atoms with Crippen LogP contribution < -0.4 is 0 Å². The van der Waals surface area contributed by atoms with E-state index in [0.29, 0.717) is 0 Å². The van der Waals surface area contributed by atoms with Crippen molar-refractivity contribution in [3.05, 3.63) is 77.6 Å². The fourth-order valence-corrected chi connectivity index (χ4v) is 2.65. The Morgan fingerprint density at radius 3 is 2.61 bits per heavy atom. The quantitative estimate of drug-likeness (QED) is 0.466. The summed E-state index contributed by atoms with van der Waals surface area (Å²) in [5, 5.41) is 2.48. The Bertz CT molecular complexity index is 830. The second-order valence-electron chi connectivity index (χ2n) is 5.76. The molecule has 3 aromatic rings. The number of pyridine rings is 1. The van der Waals surface area contributed by atoms with E-state index < -0.39 is 0 Å². The Morgan fingerprint density at radius 2 is 1.78 bits per heavy atom. The van der Waals surface area contributed by atoms with Crippen LogP contribution in [-0.4, -0.2) is 4.98 Å². The smallest absolute Gasteiger partial charge is 0.0525 e. The lowest BCUT2D eigenvalue weighted by atomic mass is 10.0. The Balaban J connectivity index is 1.76. The van der Waals surface area contributed by atoms with Gasteiger partial charge in [-0.25, -0.2) is 0 Å². The molecule has 0 aliphatic rings. The second kappa shape index (κ2) is 7.61. The van der Waals surface area contributed by atoms with Crippen molar-refractivity contribution in [3.8, 4) is 11.8 Å². The van der Waals surface area contributed by atoms with Crippen LogP contribution in [0.2, 0.25) is 0 Å². The zero-order valence-corrected chi connectivity index (χ0v) is 13.5. The number of aromatic nitrogens is 1. The molecule has 0 spiro atoms. The van der Waals surface area contributed by atoms with Gasteiger partial charge in [-0.15, -0.1) is 0 Å². The molecule has 0 saturated heterocycles. The Morgan fingerprint density at radius 1 is 0.957 bits per heavy atom. The van der Waals surface area contributed by atoms with Crippen molar-refractivity contribution in [1.29, 1.82) is 0 Å². The van der Waals surface area contributed by atoms with E-state index in [4.69, 9.17) is 0 Å². The van der Waals surface area contributed by atoms with Gasteiger partial charge in [-0.05, 0) is 35.6 Å². The van der Waals surface area contributed by atoms with Crippen LogP contribution in [0.4, 0.5) is 0 Å². The highest BCUT2D eigenvalue weighted by atomic mass is 14.7. The molecule has 114 valence electrons. The zero-order valence-electron chi connectivity index (χ0n) is 13.5. The van der Waals surface area contributed by atoms with Crippen LogP contribution in [0.15, 0.2) is 60.8 Å². The minimum Gasteiger partial charge on any atom is -0.260 e. The highest BCUT2D eigenvalue weighted by Gasteiger charge is 2.03. The van der Waals surface area contributed by atoms with Crippen LogP contribution in [0.5, 0.6) is 0 Å². The predicted octanol–water partition coefficient (Wildman–Crippen LogP) is 5.37. The minimum absolute atomic E-state index is 0.852. The monoisotopic (exact) mass is 299 g/mol. The maximum atomic E-state index is 4.57. The lowest BCUT2D eigenvalue weighted by Gasteiger charge is -2.06.